The monoisotopic (exact) mass is 366 g/mol. The zero-order valence-electron chi connectivity index (χ0n) is 12.0. The van der Waals surface area contributed by atoms with E-state index >= 15 is 0 Å². The molecule has 0 atom stereocenters. The van der Waals surface area contributed by atoms with Crippen LogP contribution in [0.4, 0.5) is 4.39 Å². The van der Waals surface area contributed by atoms with Crippen LogP contribution in [0.3, 0.4) is 0 Å². The number of esters is 1. The smallest absolute Gasteiger partial charge is 0.340 e. The van der Waals surface area contributed by atoms with E-state index in [0.717, 1.165) is 17.7 Å². The maximum atomic E-state index is 13.4. The maximum absolute atomic E-state index is 13.4. The molecule has 1 heterocycles. The van der Waals surface area contributed by atoms with E-state index in [9.17, 15) is 9.18 Å². The van der Waals surface area contributed by atoms with Gasteiger partial charge in [0.15, 0.2) is 6.61 Å². The van der Waals surface area contributed by atoms with Gasteiger partial charge in [-0.3, -0.25) is 0 Å². The molecule has 0 aliphatic carbocycles. The Bertz CT molecular complexity index is 884. The van der Waals surface area contributed by atoms with E-state index in [1.54, 1.807) is 0 Å². The number of halogens is 3. The molecule has 0 saturated heterocycles. The molecule has 8 heteroatoms. The summed E-state index contributed by atoms with van der Waals surface area (Å²) < 4.78 is 23.5. The topological polar surface area (TPSA) is 65.2 Å². The number of hydrogen-bond acceptors (Lipinski definition) is 5. The Morgan fingerprint density at radius 2 is 1.92 bits per heavy atom. The van der Waals surface area contributed by atoms with Crippen LogP contribution < -0.4 is 0 Å². The van der Waals surface area contributed by atoms with Crippen molar-refractivity contribution in [3.63, 3.8) is 0 Å². The van der Waals surface area contributed by atoms with E-state index in [2.05, 4.69) is 10.1 Å². The second-order valence-corrected chi connectivity index (χ2v) is 5.51. The van der Waals surface area contributed by atoms with Crippen LogP contribution in [-0.4, -0.2) is 16.1 Å². The van der Waals surface area contributed by atoms with Crippen LogP contribution in [0.2, 0.25) is 10.0 Å². The Labute approximate surface area is 146 Å². The Hall–Kier alpha value is -2.44. The molecule has 0 radical (unpaired) electrons. The molecule has 0 bridgehead atoms. The summed E-state index contributed by atoms with van der Waals surface area (Å²) in [6.45, 7) is -0.265. The first-order valence-corrected chi connectivity index (χ1v) is 7.50. The minimum Gasteiger partial charge on any atom is -0.452 e. The van der Waals surface area contributed by atoms with Crippen LogP contribution in [0.15, 0.2) is 47.0 Å². The van der Waals surface area contributed by atoms with Crippen molar-refractivity contribution in [3.8, 4) is 11.4 Å². The third kappa shape index (κ3) is 3.55. The fraction of sp³-hybridized carbons (Fsp3) is 0.0625. The van der Waals surface area contributed by atoms with Gasteiger partial charge < -0.3 is 9.26 Å². The average Bonchev–Trinajstić information content (AvgIpc) is 3.06. The number of hydrogen-bond donors (Lipinski definition) is 0. The van der Waals surface area contributed by atoms with Crippen LogP contribution in [0.5, 0.6) is 0 Å². The molecule has 5 nitrogen and oxygen atoms in total. The van der Waals surface area contributed by atoms with Crippen molar-refractivity contribution in [2.24, 2.45) is 0 Å². The van der Waals surface area contributed by atoms with Crippen molar-refractivity contribution in [1.82, 2.24) is 10.1 Å². The highest BCUT2D eigenvalue weighted by Gasteiger charge is 2.17. The van der Waals surface area contributed by atoms with Gasteiger partial charge in [-0.1, -0.05) is 58.7 Å². The molecule has 0 amide bonds. The molecule has 1 aromatic heterocycles. The summed E-state index contributed by atoms with van der Waals surface area (Å²) in [5, 5.41) is 3.61. The van der Waals surface area contributed by atoms with Crippen molar-refractivity contribution < 1.29 is 18.4 Å². The molecule has 0 N–H and O–H groups in total. The van der Waals surface area contributed by atoms with Gasteiger partial charge in [-0.05, 0) is 12.1 Å². The Morgan fingerprint density at radius 3 is 2.67 bits per heavy atom. The van der Waals surface area contributed by atoms with E-state index in [4.69, 9.17) is 32.5 Å². The van der Waals surface area contributed by atoms with Crippen molar-refractivity contribution in [1.29, 1.82) is 0 Å². The molecule has 0 saturated carbocycles. The molecule has 24 heavy (non-hydrogen) atoms. The van der Waals surface area contributed by atoms with E-state index in [1.807, 2.05) is 30.3 Å². The lowest BCUT2D eigenvalue weighted by atomic mass is 10.2. The Kier molecular flexibility index (Phi) is 4.78. The highest BCUT2D eigenvalue weighted by Crippen LogP contribution is 2.25. The SMILES string of the molecule is O=C(OCc1nc(-c2ccccc2)no1)c1cc(F)c(Cl)cc1Cl. The van der Waals surface area contributed by atoms with Crippen LogP contribution in [0, 0.1) is 5.82 Å². The van der Waals surface area contributed by atoms with Crippen LogP contribution in [-0.2, 0) is 11.3 Å². The maximum Gasteiger partial charge on any atom is 0.340 e. The zero-order chi connectivity index (χ0) is 17.1. The number of aromatic nitrogens is 2. The Morgan fingerprint density at radius 1 is 1.17 bits per heavy atom. The number of rotatable bonds is 4. The van der Waals surface area contributed by atoms with Gasteiger partial charge in [0.2, 0.25) is 5.82 Å². The molecule has 0 spiro atoms. The van der Waals surface area contributed by atoms with E-state index in [0.29, 0.717) is 5.82 Å². The van der Waals surface area contributed by atoms with Gasteiger partial charge in [0.05, 0.1) is 15.6 Å². The first-order valence-electron chi connectivity index (χ1n) is 6.74. The number of nitrogens with zero attached hydrogens (tertiary/aromatic N) is 2. The van der Waals surface area contributed by atoms with Gasteiger partial charge in [-0.15, -0.1) is 0 Å². The molecular formula is C16H9Cl2FN2O3. The second kappa shape index (κ2) is 6.98. The van der Waals surface area contributed by atoms with Crippen LogP contribution in [0.1, 0.15) is 16.2 Å². The summed E-state index contributed by atoms with van der Waals surface area (Å²) >= 11 is 11.4. The van der Waals surface area contributed by atoms with Gasteiger partial charge >= 0.3 is 5.97 Å². The van der Waals surface area contributed by atoms with E-state index in [1.165, 1.54) is 0 Å². The normalized spacial score (nSPS) is 10.6. The highest BCUT2D eigenvalue weighted by atomic mass is 35.5. The lowest BCUT2D eigenvalue weighted by molar-refractivity contribution is 0.0429. The van der Waals surface area contributed by atoms with Gasteiger partial charge in [-0.25, -0.2) is 9.18 Å². The summed E-state index contributed by atoms with van der Waals surface area (Å²) in [4.78, 5) is 16.1. The van der Waals surface area contributed by atoms with Crippen LogP contribution in [0.25, 0.3) is 11.4 Å². The van der Waals surface area contributed by atoms with Crippen molar-refractivity contribution >= 4 is 29.2 Å². The molecule has 0 unspecified atom stereocenters. The lowest BCUT2D eigenvalue weighted by Gasteiger charge is -2.05. The quantitative estimate of drug-likeness (QED) is 0.500. The predicted octanol–water partition coefficient (Wildman–Crippen LogP) is 4.54. The first kappa shape index (κ1) is 16.4. The highest BCUT2D eigenvalue weighted by molar-refractivity contribution is 6.36. The summed E-state index contributed by atoms with van der Waals surface area (Å²) in [7, 11) is 0. The third-order valence-corrected chi connectivity index (χ3v) is 3.66. The van der Waals surface area contributed by atoms with Gasteiger partial charge in [0, 0.05) is 5.56 Å². The number of ether oxygens (including phenoxy) is 1. The molecule has 0 fully saturated rings. The van der Waals surface area contributed by atoms with Crippen molar-refractivity contribution in [3.05, 3.63) is 69.8 Å². The predicted molar refractivity (Wildman–Crippen MR) is 85.3 cm³/mol. The molecule has 0 aliphatic rings. The minimum atomic E-state index is -0.824. The van der Waals surface area contributed by atoms with Gasteiger partial charge in [0.1, 0.15) is 5.82 Å². The lowest BCUT2D eigenvalue weighted by Crippen LogP contribution is -2.07. The molecule has 3 aromatic rings. The molecule has 3 rings (SSSR count). The standard InChI is InChI=1S/C16H9Cl2FN2O3/c17-11-7-12(18)13(19)6-10(11)16(22)23-8-14-20-15(21-24-14)9-4-2-1-3-5-9/h1-7H,8H2. The van der Waals surface area contributed by atoms with Crippen LogP contribution >= 0.6 is 23.2 Å². The molecule has 0 aliphatic heterocycles. The number of benzene rings is 2. The average molecular weight is 367 g/mol. The number of carbonyl (C=O) groups excluding carboxylic acids is 1. The summed E-state index contributed by atoms with van der Waals surface area (Å²) in [6.07, 6.45) is 0. The summed E-state index contributed by atoms with van der Waals surface area (Å²) in [6, 6.07) is 11.2. The molecule has 122 valence electrons. The molecular weight excluding hydrogens is 358 g/mol. The summed E-state index contributed by atoms with van der Waals surface area (Å²) in [5.74, 6) is -1.11. The van der Waals surface area contributed by atoms with Crippen molar-refractivity contribution in [2.75, 3.05) is 0 Å². The molecule has 2 aromatic carbocycles. The largest absolute Gasteiger partial charge is 0.452 e. The minimum absolute atomic E-state index is 0.0121. The summed E-state index contributed by atoms with van der Waals surface area (Å²) in [5.41, 5.74) is 0.628. The van der Waals surface area contributed by atoms with Gasteiger partial charge in [0.25, 0.3) is 5.89 Å². The second-order valence-electron chi connectivity index (χ2n) is 4.70. The zero-order valence-corrected chi connectivity index (χ0v) is 13.5. The number of carbonyl (C=O) groups is 1. The first-order chi connectivity index (χ1) is 11.5. The van der Waals surface area contributed by atoms with E-state index < -0.39 is 11.8 Å². The fourth-order valence-electron chi connectivity index (χ4n) is 1.90. The van der Waals surface area contributed by atoms with E-state index in [-0.39, 0.29) is 28.1 Å². The van der Waals surface area contributed by atoms with Crippen molar-refractivity contribution in [2.45, 2.75) is 6.61 Å². The third-order valence-electron chi connectivity index (χ3n) is 3.06. The van der Waals surface area contributed by atoms with Gasteiger partial charge in [-0.2, -0.15) is 4.98 Å². The fourth-order valence-corrected chi connectivity index (χ4v) is 2.36. The Balaban J connectivity index is 1.69.